The Kier molecular flexibility index (Phi) is 16.4. The Morgan fingerprint density at radius 1 is 0.897 bits per heavy atom. The van der Waals surface area contributed by atoms with E-state index in [-0.39, 0.29) is 13.2 Å². The van der Waals surface area contributed by atoms with E-state index in [1.807, 2.05) is 6.07 Å². The molecule has 1 aliphatic heterocycles. The second-order valence-corrected chi connectivity index (χ2v) is 10.9. The van der Waals surface area contributed by atoms with Crippen molar-refractivity contribution in [2.45, 2.75) is 110 Å². The van der Waals surface area contributed by atoms with E-state index in [2.05, 4.69) is 33.5 Å². The fourth-order valence-corrected chi connectivity index (χ4v) is 5.03. The summed E-state index contributed by atoms with van der Waals surface area (Å²) in [4.78, 5) is 36.0. The Hall–Kier alpha value is -2.46. The summed E-state index contributed by atoms with van der Waals surface area (Å²) in [6.07, 6.45) is 17.1. The van der Waals surface area contributed by atoms with Crippen LogP contribution in [0.1, 0.15) is 114 Å². The first-order valence-electron chi connectivity index (χ1n) is 15.1. The van der Waals surface area contributed by atoms with Crippen molar-refractivity contribution in [3.05, 3.63) is 39.2 Å². The third kappa shape index (κ3) is 13.9. The highest BCUT2D eigenvalue weighted by Crippen LogP contribution is 2.17. The minimum Gasteiger partial charge on any atom is -0.756 e. The summed E-state index contributed by atoms with van der Waals surface area (Å²) in [5, 5.41) is 22.2. The Labute approximate surface area is 234 Å². The molecule has 0 bridgehead atoms. The Bertz CT molecular complexity index is 800. The quantitative estimate of drug-likeness (QED) is 0.101. The van der Waals surface area contributed by atoms with Gasteiger partial charge in [-0.15, -0.1) is 10.1 Å². The van der Waals surface area contributed by atoms with Crippen LogP contribution in [0.4, 0.5) is 5.82 Å². The summed E-state index contributed by atoms with van der Waals surface area (Å²) in [6, 6.07) is 4.13. The van der Waals surface area contributed by atoms with Gasteiger partial charge in [-0.05, 0) is 38.8 Å². The SMILES string of the molecule is CC(C)N1CCN(c2ccc(C(=O)N([O-])CCCCCCCCCCCCCCCCO[N+](=O)[O-])cn2)CC1. The van der Waals surface area contributed by atoms with E-state index in [9.17, 15) is 20.1 Å². The van der Waals surface area contributed by atoms with Crippen molar-refractivity contribution in [3.63, 3.8) is 0 Å². The number of nitrogens with zero attached hydrogens (tertiary/aromatic N) is 5. The maximum Gasteiger partial charge on any atom is 0.294 e. The molecule has 1 aromatic rings. The minimum absolute atomic E-state index is 0.212. The van der Waals surface area contributed by atoms with Gasteiger partial charge in [0.2, 0.25) is 5.91 Å². The second-order valence-electron chi connectivity index (χ2n) is 10.9. The fourth-order valence-electron chi connectivity index (χ4n) is 5.03. The topological polar surface area (TPSA) is 115 Å². The molecular formula is C29H50N5O5-. The Balaban J connectivity index is 1.43. The van der Waals surface area contributed by atoms with E-state index in [4.69, 9.17) is 0 Å². The summed E-state index contributed by atoms with van der Waals surface area (Å²) in [5.41, 5.74) is 0.358. The van der Waals surface area contributed by atoms with Crippen molar-refractivity contribution < 1.29 is 14.7 Å². The van der Waals surface area contributed by atoms with Gasteiger partial charge in [-0.1, -0.05) is 77.0 Å². The molecule has 0 aliphatic carbocycles. The lowest BCUT2D eigenvalue weighted by molar-refractivity contribution is -0.757. The third-order valence-electron chi connectivity index (χ3n) is 7.54. The second kappa shape index (κ2) is 19.6. The van der Waals surface area contributed by atoms with Crippen molar-refractivity contribution in [2.24, 2.45) is 0 Å². The molecule has 39 heavy (non-hydrogen) atoms. The van der Waals surface area contributed by atoms with Gasteiger partial charge >= 0.3 is 0 Å². The molecule has 1 fully saturated rings. The number of pyridine rings is 1. The van der Waals surface area contributed by atoms with Gasteiger partial charge in [0.1, 0.15) is 5.82 Å². The van der Waals surface area contributed by atoms with Gasteiger partial charge in [0, 0.05) is 45.0 Å². The smallest absolute Gasteiger partial charge is 0.294 e. The highest BCUT2D eigenvalue weighted by Gasteiger charge is 2.20. The maximum atomic E-state index is 12.5. The van der Waals surface area contributed by atoms with Gasteiger partial charge in [0.25, 0.3) is 5.09 Å². The first-order chi connectivity index (χ1) is 18.9. The third-order valence-corrected chi connectivity index (χ3v) is 7.54. The molecule has 2 rings (SSSR count). The Morgan fingerprint density at radius 3 is 1.87 bits per heavy atom. The zero-order valence-electron chi connectivity index (χ0n) is 24.2. The number of unbranched alkanes of at least 4 members (excludes halogenated alkanes) is 13. The molecule has 1 saturated heterocycles. The van der Waals surface area contributed by atoms with Crippen molar-refractivity contribution in [1.82, 2.24) is 14.9 Å². The molecule has 0 spiro atoms. The zero-order valence-corrected chi connectivity index (χ0v) is 24.2. The molecule has 0 atom stereocenters. The van der Waals surface area contributed by atoms with Gasteiger partial charge in [-0.3, -0.25) is 9.69 Å². The highest BCUT2D eigenvalue weighted by atomic mass is 16.9. The van der Waals surface area contributed by atoms with Gasteiger partial charge in [-0.2, -0.15) is 0 Å². The van der Waals surface area contributed by atoms with Crippen molar-refractivity contribution >= 4 is 11.7 Å². The predicted molar refractivity (Wildman–Crippen MR) is 155 cm³/mol. The number of amides is 1. The summed E-state index contributed by atoms with van der Waals surface area (Å²) < 4.78 is 0. The molecule has 1 aromatic heterocycles. The lowest BCUT2D eigenvalue weighted by Crippen LogP contribution is -2.49. The highest BCUT2D eigenvalue weighted by molar-refractivity contribution is 5.94. The molecular weight excluding hydrogens is 498 g/mol. The monoisotopic (exact) mass is 548 g/mol. The number of hydroxylamine groups is 2. The maximum absolute atomic E-state index is 12.5. The standard InChI is InChI=1S/C29H50N5O5/c1-26(2)31-20-22-32(23-21-31)28-18-17-27(25-30-28)29(35)33(36)19-15-13-11-9-7-5-3-4-6-8-10-12-14-16-24-39-34(37)38/h17-18,25-26H,3-16,19-24H2,1-2H3/q-1. The summed E-state index contributed by atoms with van der Waals surface area (Å²) in [6.45, 7) is 8.72. The average Bonchev–Trinajstić information content (AvgIpc) is 2.94. The molecule has 0 radical (unpaired) electrons. The Morgan fingerprint density at radius 2 is 1.41 bits per heavy atom. The normalized spacial score (nSPS) is 14.1. The van der Waals surface area contributed by atoms with E-state index in [0.29, 0.717) is 16.7 Å². The number of hydrogen-bond acceptors (Lipinski definition) is 8. The molecule has 1 aliphatic rings. The first-order valence-corrected chi connectivity index (χ1v) is 15.1. The van der Waals surface area contributed by atoms with Crippen molar-refractivity contribution in [1.29, 1.82) is 0 Å². The van der Waals surface area contributed by atoms with Crippen LogP contribution in [-0.2, 0) is 4.84 Å². The van der Waals surface area contributed by atoms with E-state index in [1.165, 1.54) is 57.6 Å². The van der Waals surface area contributed by atoms with Crippen LogP contribution in [0.25, 0.3) is 0 Å². The molecule has 0 aromatic carbocycles. The summed E-state index contributed by atoms with van der Waals surface area (Å²) >= 11 is 0. The van der Waals surface area contributed by atoms with Crippen LogP contribution in [-0.4, -0.2) is 71.3 Å². The van der Waals surface area contributed by atoms with Crippen LogP contribution in [0, 0.1) is 15.3 Å². The number of anilines is 1. The fraction of sp³-hybridized carbons (Fsp3) is 0.793. The number of hydrogen-bond donors (Lipinski definition) is 0. The molecule has 10 heteroatoms. The van der Waals surface area contributed by atoms with Crippen LogP contribution in [0.3, 0.4) is 0 Å². The number of piperazine rings is 1. The molecule has 0 saturated carbocycles. The van der Waals surface area contributed by atoms with E-state index in [0.717, 1.165) is 70.5 Å². The average molecular weight is 549 g/mol. The van der Waals surface area contributed by atoms with Crippen LogP contribution < -0.4 is 4.90 Å². The largest absolute Gasteiger partial charge is 0.756 e. The van der Waals surface area contributed by atoms with Gasteiger partial charge in [0.05, 0.1) is 12.2 Å². The van der Waals surface area contributed by atoms with Crippen molar-refractivity contribution in [2.75, 3.05) is 44.2 Å². The number of aromatic nitrogens is 1. The van der Waals surface area contributed by atoms with Crippen LogP contribution >= 0.6 is 0 Å². The molecule has 1 amide bonds. The van der Waals surface area contributed by atoms with Gasteiger partial charge in [0.15, 0.2) is 0 Å². The number of carbonyl (C=O) groups is 1. The van der Waals surface area contributed by atoms with Crippen LogP contribution in [0.5, 0.6) is 0 Å². The first kappa shape index (κ1) is 32.8. The number of carbonyl (C=O) groups excluding carboxylic acids is 1. The lowest BCUT2D eigenvalue weighted by atomic mass is 10.0. The number of rotatable bonds is 21. The van der Waals surface area contributed by atoms with E-state index < -0.39 is 11.0 Å². The van der Waals surface area contributed by atoms with E-state index in [1.54, 1.807) is 6.07 Å². The lowest BCUT2D eigenvalue weighted by Gasteiger charge is -2.37. The zero-order chi connectivity index (χ0) is 28.3. The molecule has 222 valence electrons. The van der Waals surface area contributed by atoms with E-state index >= 15 is 0 Å². The molecule has 0 unspecified atom stereocenters. The molecule has 0 N–H and O–H groups in total. The van der Waals surface area contributed by atoms with Gasteiger partial charge in [-0.25, -0.2) is 4.98 Å². The van der Waals surface area contributed by atoms with Crippen LogP contribution in [0.2, 0.25) is 0 Å². The van der Waals surface area contributed by atoms with Gasteiger partial charge < -0.3 is 20.0 Å². The van der Waals surface area contributed by atoms with Crippen molar-refractivity contribution in [3.8, 4) is 0 Å². The molecule has 2 heterocycles. The molecule has 10 nitrogen and oxygen atoms in total. The summed E-state index contributed by atoms with van der Waals surface area (Å²) in [5.74, 6) is 0.366. The predicted octanol–water partition coefficient (Wildman–Crippen LogP) is 6.22. The van der Waals surface area contributed by atoms with Crippen LogP contribution in [0.15, 0.2) is 18.3 Å². The minimum atomic E-state index is -0.724. The summed E-state index contributed by atoms with van der Waals surface area (Å²) in [7, 11) is 0.